The molecule has 0 bridgehead atoms. The number of carbonyl (C=O) groups excluding carboxylic acids is 1. The van der Waals surface area contributed by atoms with Crippen LogP contribution in [0.15, 0.2) is 66.3 Å². The predicted molar refractivity (Wildman–Crippen MR) is 127 cm³/mol. The highest BCUT2D eigenvalue weighted by atomic mass is 32.2. The van der Waals surface area contributed by atoms with Crippen molar-refractivity contribution in [3.05, 3.63) is 72.6 Å². The topological polar surface area (TPSA) is 78.3 Å². The first-order valence-electron chi connectivity index (χ1n) is 10.4. The molecule has 0 aliphatic carbocycles. The summed E-state index contributed by atoms with van der Waals surface area (Å²) in [4.78, 5) is 12.5. The number of hydrogen-bond donors (Lipinski definition) is 1. The fourth-order valence-corrected chi connectivity index (χ4v) is 3.80. The number of rotatable bonds is 11. The monoisotopic (exact) mass is 452 g/mol. The van der Waals surface area contributed by atoms with Gasteiger partial charge in [-0.25, -0.2) is 0 Å². The van der Waals surface area contributed by atoms with Gasteiger partial charge in [0, 0.05) is 6.54 Å². The number of aryl methyl sites for hydroxylation is 1. The van der Waals surface area contributed by atoms with E-state index in [4.69, 9.17) is 9.47 Å². The minimum Gasteiger partial charge on any atom is -0.492 e. The van der Waals surface area contributed by atoms with Crippen LogP contribution in [0.1, 0.15) is 31.3 Å². The number of hydrogen-bond acceptors (Lipinski definition) is 6. The molecule has 1 aromatic heterocycles. The van der Waals surface area contributed by atoms with Gasteiger partial charge in [-0.15, -0.1) is 16.8 Å². The van der Waals surface area contributed by atoms with E-state index < -0.39 is 0 Å². The van der Waals surface area contributed by atoms with Gasteiger partial charge < -0.3 is 14.8 Å². The Balaban J connectivity index is 1.66. The molecule has 8 heteroatoms. The number of anilines is 1. The van der Waals surface area contributed by atoms with E-state index in [1.807, 2.05) is 73.9 Å². The third kappa shape index (κ3) is 6.13. The van der Waals surface area contributed by atoms with E-state index in [1.165, 1.54) is 17.3 Å². The Labute approximate surface area is 192 Å². The second-order valence-electron chi connectivity index (χ2n) is 7.08. The Kier molecular flexibility index (Phi) is 8.33. The molecule has 0 fully saturated rings. The maximum Gasteiger partial charge on any atom is 0.234 e. The molecule has 0 saturated carbocycles. The lowest BCUT2D eigenvalue weighted by atomic mass is 10.2. The Hall–Kier alpha value is -3.26. The highest BCUT2D eigenvalue weighted by Gasteiger charge is 2.20. The van der Waals surface area contributed by atoms with Crippen molar-refractivity contribution in [1.82, 2.24) is 14.8 Å². The van der Waals surface area contributed by atoms with E-state index in [0.717, 1.165) is 5.75 Å². The molecule has 0 aliphatic rings. The number of nitrogens with one attached hydrogen (secondary N) is 1. The van der Waals surface area contributed by atoms with Crippen LogP contribution in [0.5, 0.6) is 11.5 Å². The summed E-state index contributed by atoms with van der Waals surface area (Å²) in [5.41, 5.74) is 1.81. The summed E-state index contributed by atoms with van der Waals surface area (Å²) in [5.74, 6) is 2.12. The quantitative estimate of drug-likeness (QED) is 0.324. The molecule has 0 radical (unpaired) electrons. The van der Waals surface area contributed by atoms with E-state index in [1.54, 1.807) is 6.08 Å². The second-order valence-corrected chi connectivity index (χ2v) is 8.02. The largest absolute Gasteiger partial charge is 0.492 e. The van der Waals surface area contributed by atoms with Crippen molar-refractivity contribution in [2.24, 2.45) is 0 Å². The molecule has 0 spiro atoms. The van der Waals surface area contributed by atoms with Gasteiger partial charge in [-0.05, 0) is 45.0 Å². The summed E-state index contributed by atoms with van der Waals surface area (Å²) in [7, 11) is 0. The average molecular weight is 453 g/mol. The zero-order chi connectivity index (χ0) is 22.9. The Bertz CT molecular complexity index is 1050. The number of amides is 1. The van der Waals surface area contributed by atoms with Crippen molar-refractivity contribution < 1.29 is 14.3 Å². The van der Waals surface area contributed by atoms with Crippen molar-refractivity contribution in [2.45, 2.75) is 38.6 Å². The van der Waals surface area contributed by atoms with Gasteiger partial charge in [0.05, 0.1) is 18.0 Å². The van der Waals surface area contributed by atoms with Crippen molar-refractivity contribution in [2.75, 3.05) is 17.7 Å². The van der Waals surface area contributed by atoms with E-state index in [0.29, 0.717) is 35.6 Å². The number of carbonyl (C=O) groups is 1. The fraction of sp³-hybridized carbons (Fsp3) is 0.292. The van der Waals surface area contributed by atoms with Crippen molar-refractivity contribution in [3.63, 3.8) is 0 Å². The van der Waals surface area contributed by atoms with Gasteiger partial charge in [0.15, 0.2) is 17.1 Å². The van der Waals surface area contributed by atoms with Crippen LogP contribution in [-0.2, 0) is 11.3 Å². The van der Waals surface area contributed by atoms with E-state index in [2.05, 4.69) is 22.1 Å². The lowest BCUT2D eigenvalue weighted by molar-refractivity contribution is -0.113. The summed E-state index contributed by atoms with van der Waals surface area (Å²) < 4.78 is 13.5. The first kappa shape index (κ1) is 23.4. The van der Waals surface area contributed by atoms with Gasteiger partial charge in [0.2, 0.25) is 5.91 Å². The fourth-order valence-electron chi connectivity index (χ4n) is 3.05. The molecule has 3 rings (SSSR count). The van der Waals surface area contributed by atoms with E-state index >= 15 is 0 Å². The molecule has 0 saturated heterocycles. The third-order valence-corrected chi connectivity index (χ3v) is 5.51. The zero-order valence-electron chi connectivity index (χ0n) is 18.6. The average Bonchev–Trinajstić information content (AvgIpc) is 3.18. The molecule has 0 aliphatic heterocycles. The highest BCUT2D eigenvalue weighted by molar-refractivity contribution is 7.99. The maximum atomic E-state index is 12.5. The lowest BCUT2D eigenvalue weighted by Crippen LogP contribution is -2.16. The second kappa shape index (κ2) is 11.4. The molecule has 7 nitrogen and oxygen atoms in total. The van der Waals surface area contributed by atoms with Crippen LogP contribution in [-0.4, -0.2) is 33.0 Å². The number of nitrogens with zero attached hydrogens (tertiary/aromatic N) is 3. The third-order valence-electron chi connectivity index (χ3n) is 4.55. The van der Waals surface area contributed by atoms with E-state index in [-0.39, 0.29) is 17.8 Å². The van der Waals surface area contributed by atoms with Gasteiger partial charge in [-0.2, -0.15) is 0 Å². The SMILES string of the molecule is C=CCn1c(SCC(=O)Nc2ccccc2OCC)nnc1C(C)Oc1ccc(C)cc1. The highest BCUT2D eigenvalue weighted by Crippen LogP contribution is 2.26. The molecule has 32 heavy (non-hydrogen) atoms. The molecule has 3 aromatic rings. The normalized spacial score (nSPS) is 11.6. The molecule has 1 heterocycles. The molecule has 1 N–H and O–H groups in total. The molecule has 2 aromatic carbocycles. The minimum absolute atomic E-state index is 0.152. The first-order chi connectivity index (χ1) is 15.5. The van der Waals surface area contributed by atoms with Gasteiger partial charge >= 0.3 is 0 Å². The standard InChI is InChI=1S/C24H28N4O3S/c1-5-15-28-23(18(4)31-19-13-11-17(3)12-14-19)26-27-24(28)32-16-22(29)25-20-9-7-8-10-21(20)30-6-2/h5,7-14,18H,1,6,15-16H2,2-4H3,(H,25,29). The number of benzene rings is 2. The van der Waals surface area contributed by atoms with Crippen LogP contribution < -0.4 is 14.8 Å². The Morgan fingerprint density at radius 3 is 2.69 bits per heavy atom. The lowest BCUT2D eigenvalue weighted by Gasteiger charge is -2.16. The van der Waals surface area contributed by atoms with Gasteiger partial charge in [0.25, 0.3) is 0 Å². The minimum atomic E-state index is -0.314. The summed E-state index contributed by atoms with van der Waals surface area (Å²) in [5, 5.41) is 12.1. The molecule has 1 atom stereocenters. The van der Waals surface area contributed by atoms with Gasteiger partial charge in [-0.1, -0.05) is 47.7 Å². The smallest absolute Gasteiger partial charge is 0.234 e. The number of aromatic nitrogens is 3. The number of thioether (sulfide) groups is 1. The van der Waals surface area contributed by atoms with Crippen molar-refractivity contribution >= 4 is 23.4 Å². The van der Waals surface area contributed by atoms with Crippen molar-refractivity contribution in [1.29, 1.82) is 0 Å². The Morgan fingerprint density at radius 1 is 1.22 bits per heavy atom. The molecule has 1 unspecified atom stereocenters. The molecular formula is C24H28N4O3S. The summed E-state index contributed by atoms with van der Waals surface area (Å²) in [6, 6.07) is 15.2. The van der Waals surface area contributed by atoms with Crippen molar-refractivity contribution in [3.8, 4) is 11.5 Å². The Morgan fingerprint density at radius 2 is 1.97 bits per heavy atom. The van der Waals surface area contributed by atoms with Crippen LogP contribution in [0, 0.1) is 6.92 Å². The van der Waals surface area contributed by atoms with Crippen LogP contribution >= 0.6 is 11.8 Å². The molecule has 1 amide bonds. The van der Waals surface area contributed by atoms with Crippen LogP contribution in [0.2, 0.25) is 0 Å². The molecule has 168 valence electrons. The van der Waals surface area contributed by atoms with Gasteiger partial charge in [-0.3, -0.25) is 9.36 Å². The summed E-state index contributed by atoms with van der Waals surface area (Å²) >= 11 is 1.31. The van der Waals surface area contributed by atoms with Crippen LogP contribution in [0.4, 0.5) is 5.69 Å². The summed E-state index contributed by atoms with van der Waals surface area (Å²) in [6.07, 6.45) is 1.46. The number of ether oxygens (including phenoxy) is 2. The number of para-hydroxylation sites is 2. The van der Waals surface area contributed by atoms with Crippen LogP contribution in [0.25, 0.3) is 0 Å². The summed E-state index contributed by atoms with van der Waals surface area (Å²) in [6.45, 7) is 10.7. The first-order valence-corrected chi connectivity index (χ1v) is 11.4. The van der Waals surface area contributed by atoms with E-state index in [9.17, 15) is 4.79 Å². The maximum absolute atomic E-state index is 12.5. The number of allylic oxidation sites excluding steroid dienone is 1. The molecular weight excluding hydrogens is 424 g/mol. The zero-order valence-corrected chi connectivity index (χ0v) is 19.4. The predicted octanol–water partition coefficient (Wildman–Crippen LogP) is 5.04. The van der Waals surface area contributed by atoms with Gasteiger partial charge in [0.1, 0.15) is 11.5 Å². The van der Waals surface area contributed by atoms with Crippen LogP contribution in [0.3, 0.4) is 0 Å².